The number of para-hydroxylation sites is 2. The molecule has 0 fully saturated rings. The molecular weight excluding hydrogens is 238 g/mol. The largest absolute Gasteiger partial charge is 0.482 e. The lowest BCUT2D eigenvalue weighted by molar-refractivity contribution is 0.393. The number of pyridine rings is 1. The molecule has 0 amide bonds. The van der Waals surface area contributed by atoms with Crippen LogP contribution in [0.5, 0.6) is 5.88 Å². The number of hydrogen-bond acceptors (Lipinski definition) is 3. The van der Waals surface area contributed by atoms with Gasteiger partial charge in [0.15, 0.2) is 11.5 Å². The summed E-state index contributed by atoms with van der Waals surface area (Å²) in [5.74, 6) is 0.708. The quantitative estimate of drug-likeness (QED) is 0.703. The third-order valence-electron chi connectivity index (χ3n) is 3.33. The van der Waals surface area contributed by atoms with Crippen LogP contribution in [0.25, 0.3) is 16.7 Å². The van der Waals surface area contributed by atoms with Gasteiger partial charge in [0.25, 0.3) is 0 Å². The number of aryl methyl sites for hydroxylation is 1. The average Bonchev–Trinajstić information content (AvgIpc) is 2.84. The summed E-state index contributed by atoms with van der Waals surface area (Å²) in [6.45, 7) is 2.02. The van der Waals surface area contributed by atoms with E-state index in [-0.39, 0.29) is 0 Å². The molecule has 0 spiro atoms. The van der Waals surface area contributed by atoms with Gasteiger partial charge in [-0.25, -0.2) is 4.98 Å². The zero-order valence-corrected chi connectivity index (χ0v) is 10.8. The minimum Gasteiger partial charge on any atom is -0.482 e. The molecule has 94 valence electrons. The number of fused-ring (bicyclic) bond motifs is 3. The SMILES string of the molecule is CCc1cc(OC)n2c(nc3ccccc32)c1C#N. The van der Waals surface area contributed by atoms with E-state index in [0.29, 0.717) is 17.1 Å². The molecule has 0 aliphatic carbocycles. The second kappa shape index (κ2) is 4.29. The molecule has 2 aromatic heterocycles. The number of nitrogens with zero attached hydrogens (tertiary/aromatic N) is 3. The number of benzene rings is 1. The van der Waals surface area contributed by atoms with Gasteiger partial charge in [0, 0.05) is 6.07 Å². The molecule has 3 rings (SSSR count). The Morgan fingerprint density at radius 1 is 1.37 bits per heavy atom. The van der Waals surface area contributed by atoms with Crippen LogP contribution in [0.2, 0.25) is 0 Å². The van der Waals surface area contributed by atoms with Gasteiger partial charge < -0.3 is 4.74 Å². The number of rotatable bonds is 2. The molecule has 0 saturated heterocycles. The van der Waals surface area contributed by atoms with Gasteiger partial charge in [-0.2, -0.15) is 5.26 Å². The van der Waals surface area contributed by atoms with E-state index in [1.54, 1.807) is 7.11 Å². The van der Waals surface area contributed by atoms with E-state index in [0.717, 1.165) is 23.0 Å². The van der Waals surface area contributed by atoms with Crippen molar-refractivity contribution in [1.29, 1.82) is 5.26 Å². The van der Waals surface area contributed by atoms with E-state index < -0.39 is 0 Å². The van der Waals surface area contributed by atoms with Crippen LogP contribution in [0.15, 0.2) is 30.3 Å². The van der Waals surface area contributed by atoms with E-state index >= 15 is 0 Å². The van der Waals surface area contributed by atoms with Crippen LogP contribution in [-0.4, -0.2) is 16.5 Å². The Bertz CT molecular complexity index is 811. The van der Waals surface area contributed by atoms with Crippen molar-refractivity contribution in [3.63, 3.8) is 0 Å². The smallest absolute Gasteiger partial charge is 0.199 e. The Morgan fingerprint density at radius 3 is 2.84 bits per heavy atom. The van der Waals surface area contributed by atoms with Crippen molar-refractivity contribution < 1.29 is 4.74 Å². The summed E-state index contributed by atoms with van der Waals surface area (Å²) in [4.78, 5) is 4.56. The standard InChI is InChI=1S/C15H13N3O/c1-3-10-8-14(19-2)18-13-7-5-4-6-12(13)17-15(18)11(10)9-16/h4-8H,3H2,1-2H3. The van der Waals surface area contributed by atoms with Crippen molar-refractivity contribution in [2.45, 2.75) is 13.3 Å². The fourth-order valence-electron chi connectivity index (χ4n) is 2.40. The highest BCUT2D eigenvalue weighted by Crippen LogP contribution is 2.28. The van der Waals surface area contributed by atoms with E-state index in [2.05, 4.69) is 11.1 Å². The highest BCUT2D eigenvalue weighted by atomic mass is 16.5. The van der Waals surface area contributed by atoms with Gasteiger partial charge in [0.1, 0.15) is 6.07 Å². The van der Waals surface area contributed by atoms with Crippen molar-refractivity contribution in [1.82, 2.24) is 9.38 Å². The molecule has 4 nitrogen and oxygen atoms in total. The normalized spacial score (nSPS) is 10.8. The minimum absolute atomic E-state index is 0.625. The van der Waals surface area contributed by atoms with Gasteiger partial charge in [-0.15, -0.1) is 0 Å². The number of aromatic nitrogens is 2. The van der Waals surface area contributed by atoms with Crippen molar-refractivity contribution in [2.24, 2.45) is 0 Å². The Labute approximate surface area is 110 Å². The van der Waals surface area contributed by atoms with Crippen LogP contribution in [-0.2, 0) is 6.42 Å². The summed E-state index contributed by atoms with van der Waals surface area (Å²) in [5, 5.41) is 9.39. The van der Waals surface area contributed by atoms with Gasteiger partial charge in [0.2, 0.25) is 0 Å². The highest BCUT2D eigenvalue weighted by molar-refractivity contribution is 5.83. The van der Waals surface area contributed by atoms with E-state index in [4.69, 9.17) is 4.74 Å². The fourth-order valence-corrected chi connectivity index (χ4v) is 2.40. The lowest BCUT2D eigenvalue weighted by Gasteiger charge is -2.09. The second-order valence-electron chi connectivity index (χ2n) is 4.31. The third-order valence-corrected chi connectivity index (χ3v) is 3.33. The molecule has 19 heavy (non-hydrogen) atoms. The monoisotopic (exact) mass is 251 g/mol. The van der Waals surface area contributed by atoms with Crippen molar-refractivity contribution >= 4 is 16.7 Å². The molecular formula is C15H13N3O. The molecule has 1 aromatic carbocycles. The van der Waals surface area contributed by atoms with E-state index in [1.165, 1.54) is 0 Å². The molecule has 0 aliphatic heterocycles. The molecule has 2 heterocycles. The zero-order valence-electron chi connectivity index (χ0n) is 10.8. The third kappa shape index (κ3) is 1.55. The fraction of sp³-hybridized carbons (Fsp3) is 0.200. The first kappa shape index (κ1) is 11.5. The number of hydrogen-bond donors (Lipinski definition) is 0. The van der Waals surface area contributed by atoms with E-state index in [9.17, 15) is 5.26 Å². The van der Waals surface area contributed by atoms with Crippen LogP contribution in [0, 0.1) is 11.3 Å². The summed E-state index contributed by atoms with van der Waals surface area (Å²) >= 11 is 0. The topological polar surface area (TPSA) is 50.3 Å². The van der Waals surface area contributed by atoms with Gasteiger partial charge in [-0.05, 0) is 24.1 Å². The molecule has 3 aromatic rings. The van der Waals surface area contributed by atoms with Crippen molar-refractivity contribution in [3.05, 3.63) is 41.5 Å². The Kier molecular flexibility index (Phi) is 2.60. The molecule has 0 unspecified atom stereocenters. The molecule has 4 heteroatoms. The zero-order chi connectivity index (χ0) is 13.4. The van der Waals surface area contributed by atoms with Crippen LogP contribution in [0.1, 0.15) is 18.1 Å². The van der Waals surface area contributed by atoms with Crippen LogP contribution >= 0.6 is 0 Å². The summed E-state index contributed by atoms with van der Waals surface area (Å²) < 4.78 is 7.35. The maximum Gasteiger partial charge on any atom is 0.199 e. The first-order valence-corrected chi connectivity index (χ1v) is 6.17. The maximum atomic E-state index is 9.39. The number of ether oxygens (including phenoxy) is 1. The molecule has 0 atom stereocenters. The molecule has 0 saturated carbocycles. The summed E-state index contributed by atoms with van der Waals surface area (Å²) in [7, 11) is 1.63. The summed E-state index contributed by atoms with van der Waals surface area (Å²) in [6, 6.07) is 12.0. The van der Waals surface area contributed by atoms with Gasteiger partial charge >= 0.3 is 0 Å². The van der Waals surface area contributed by atoms with E-state index in [1.807, 2.05) is 41.7 Å². The Balaban J connectivity index is 2.57. The van der Waals surface area contributed by atoms with Crippen LogP contribution in [0.4, 0.5) is 0 Å². The summed E-state index contributed by atoms with van der Waals surface area (Å²) in [5.41, 5.74) is 4.07. The number of imidazole rings is 1. The van der Waals surface area contributed by atoms with Gasteiger partial charge in [-0.3, -0.25) is 4.40 Å². The van der Waals surface area contributed by atoms with Crippen LogP contribution < -0.4 is 4.74 Å². The first-order chi connectivity index (χ1) is 9.30. The number of methoxy groups -OCH3 is 1. The lowest BCUT2D eigenvalue weighted by atomic mass is 10.1. The van der Waals surface area contributed by atoms with Crippen molar-refractivity contribution in [3.8, 4) is 11.9 Å². The maximum absolute atomic E-state index is 9.39. The molecule has 0 bridgehead atoms. The molecule has 0 aliphatic rings. The second-order valence-corrected chi connectivity index (χ2v) is 4.31. The highest BCUT2D eigenvalue weighted by Gasteiger charge is 2.15. The average molecular weight is 251 g/mol. The summed E-state index contributed by atoms with van der Waals surface area (Å²) in [6.07, 6.45) is 0.777. The van der Waals surface area contributed by atoms with Crippen molar-refractivity contribution in [2.75, 3.05) is 7.11 Å². The minimum atomic E-state index is 0.625. The van der Waals surface area contributed by atoms with Gasteiger partial charge in [0.05, 0.1) is 23.7 Å². The van der Waals surface area contributed by atoms with Gasteiger partial charge in [-0.1, -0.05) is 19.1 Å². The lowest BCUT2D eigenvalue weighted by Crippen LogP contribution is -2.00. The predicted molar refractivity (Wildman–Crippen MR) is 73.3 cm³/mol. The first-order valence-electron chi connectivity index (χ1n) is 6.17. The Hall–Kier alpha value is -2.54. The Morgan fingerprint density at radius 2 is 2.16 bits per heavy atom. The predicted octanol–water partition coefficient (Wildman–Crippen LogP) is 2.93. The molecule has 0 radical (unpaired) electrons. The number of nitriles is 1. The molecule has 0 N–H and O–H groups in total. The van der Waals surface area contributed by atoms with Crippen LogP contribution in [0.3, 0.4) is 0 Å².